The number of pyridine rings is 2. The highest BCUT2D eigenvalue weighted by Crippen LogP contribution is 2.30. The molecular weight excluding hydrogens is 232 g/mol. The van der Waals surface area contributed by atoms with Crippen LogP contribution in [-0.4, -0.2) is 9.97 Å². The Morgan fingerprint density at radius 2 is 0.947 bits per heavy atom. The molecule has 0 unspecified atom stereocenters. The summed E-state index contributed by atoms with van der Waals surface area (Å²) in [6.45, 7) is 0. The van der Waals surface area contributed by atoms with Gasteiger partial charge in [-0.3, -0.25) is 9.97 Å². The Morgan fingerprint density at radius 3 is 1.42 bits per heavy atom. The van der Waals surface area contributed by atoms with Gasteiger partial charge in [-0.05, 0) is 41.0 Å². The molecule has 2 nitrogen and oxygen atoms in total. The molecule has 2 heterocycles. The van der Waals surface area contributed by atoms with Crippen LogP contribution in [0.5, 0.6) is 0 Å². The Morgan fingerprint density at radius 1 is 0.526 bits per heavy atom. The number of hydrogen-bond acceptors (Lipinski definition) is 2. The van der Waals surface area contributed by atoms with Crippen LogP contribution in [0.15, 0.2) is 79.4 Å². The summed E-state index contributed by atoms with van der Waals surface area (Å²) >= 11 is 0. The number of aromatic nitrogens is 2. The van der Waals surface area contributed by atoms with Crippen molar-refractivity contribution in [3.8, 4) is 0 Å². The second-order valence-electron chi connectivity index (χ2n) is 4.40. The maximum atomic E-state index is 4.10. The van der Waals surface area contributed by atoms with Crippen molar-refractivity contribution in [1.82, 2.24) is 9.97 Å². The maximum Gasteiger partial charge on any atom is 0.0342 e. The molecule has 0 spiro atoms. The average molecular weight is 246 g/mol. The van der Waals surface area contributed by atoms with Crippen LogP contribution in [0, 0.1) is 0 Å². The SMILES string of the molecule is c1ccc(C(c2ccncc2)c2ccncc2)cc1. The third-order valence-corrected chi connectivity index (χ3v) is 3.21. The lowest BCUT2D eigenvalue weighted by Crippen LogP contribution is -2.03. The summed E-state index contributed by atoms with van der Waals surface area (Å²) in [5.41, 5.74) is 3.76. The van der Waals surface area contributed by atoms with E-state index in [0.29, 0.717) is 0 Å². The molecule has 0 fully saturated rings. The summed E-state index contributed by atoms with van der Waals surface area (Å²) in [5, 5.41) is 0. The lowest BCUT2D eigenvalue weighted by Gasteiger charge is -2.18. The topological polar surface area (TPSA) is 25.8 Å². The molecule has 0 amide bonds. The van der Waals surface area contributed by atoms with E-state index in [4.69, 9.17) is 0 Å². The Balaban J connectivity index is 2.12. The minimum absolute atomic E-state index is 0.229. The van der Waals surface area contributed by atoms with Crippen molar-refractivity contribution in [2.75, 3.05) is 0 Å². The summed E-state index contributed by atoms with van der Waals surface area (Å²) in [5.74, 6) is 0.229. The van der Waals surface area contributed by atoms with E-state index in [1.807, 2.05) is 30.9 Å². The van der Waals surface area contributed by atoms with Gasteiger partial charge in [-0.2, -0.15) is 0 Å². The zero-order valence-electron chi connectivity index (χ0n) is 10.5. The molecule has 2 aromatic heterocycles. The van der Waals surface area contributed by atoms with Gasteiger partial charge in [-0.1, -0.05) is 30.3 Å². The van der Waals surface area contributed by atoms with E-state index in [1.54, 1.807) is 0 Å². The van der Waals surface area contributed by atoms with Crippen molar-refractivity contribution in [3.05, 3.63) is 96.1 Å². The van der Waals surface area contributed by atoms with Crippen molar-refractivity contribution in [2.45, 2.75) is 5.92 Å². The van der Waals surface area contributed by atoms with E-state index in [2.05, 4.69) is 58.5 Å². The van der Waals surface area contributed by atoms with Crippen molar-refractivity contribution in [1.29, 1.82) is 0 Å². The Kier molecular flexibility index (Phi) is 3.32. The van der Waals surface area contributed by atoms with Gasteiger partial charge in [-0.25, -0.2) is 0 Å². The van der Waals surface area contributed by atoms with E-state index < -0.39 is 0 Å². The molecule has 0 bridgehead atoms. The molecule has 0 aliphatic carbocycles. The first-order chi connectivity index (χ1) is 9.45. The fraction of sp³-hybridized carbons (Fsp3) is 0.0588. The molecule has 0 atom stereocenters. The monoisotopic (exact) mass is 246 g/mol. The van der Waals surface area contributed by atoms with Crippen LogP contribution in [-0.2, 0) is 0 Å². The molecule has 92 valence electrons. The van der Waals surface area contributed by atoms with Crippen LogP contribution < -0.4 is 0 Å². The molecule has 0 radical (unpaired) electrons. The molecule has 3 rings (SSSR count). The Hall–Kier alpha value is -2.48. The number of rotatable bonds is 3. The van der Waals surface area contributed by atoms with Crippen LogP contribution in [0.3, 0.4) is 0 Å². The maximum absolute atomic E-state index is 4.10. The van der Waals surface area contributed by atoms with Crippen LogP contribution in [0.4, 0.5) is 0 Å². The van der Waals surface area contributed by atoms with Crippen molar-refractivity contribution < 1.29 is 0 Å². The lowest BCUT2D eigenvalue weighted by molar-refractivity contribution is 0.964. The minimum atomic E-state index is 0.229. The first kappa shape index (κ1) is 11.6. The van der Waals surface area contributed by atoms with Crippen LogP contribution in [0.1, 0.15) is 22.6 Å². The number of hydrogen-bond donors (Lipinski definition) is 0. The predicted molar refractivity (Wildman–Crippen MR) is 75.9 cm³/mol. The smallest absolute Gasteiger partial charge is 0.0342 e. The third kappa shape index (κ3) is 2.52. The van der Waals surface area contributed by atoms with Crippen molar-refractivity contribution >= 4 is 0 Å². The second kappa shape index (κ2) is 5.44. The highest BCUT2D eigenvalue weighted by atomic mass is 14.6. The van der Waals surface area contributed by atoms with Crippen LogP contribution in [0.25, 0.3) is 0 Å². The molecule has 2 heteroatoms. The van der Waals surface area contributed by atoms with Crippen LogP contribution in [0.2, 0.25) is 0 Å². The summed E-state index contributed by atoms with van der Waals surface area (Å²) < 4.78 is 0. The normalized spacial score (nSPS) is 10.6. The standard InChI is InChI=1S/C17H14N2/c1-2-4-14(5-3-1)17(15-6-10-18-11-7-15)16-8-12-19-13-9-16/h1-13,17H. The lowest BCUT2D eigenvalue weighted by atomic mass is 9.86. The van der Waals surface area contributed by atoms with Crippen molar-refractivity contribution in [3.63, 3.8) is 0 Å². The van der Waals surface area contributed by atoms with Gasteiger partial charge in [0.25, 0.3) is 0 Å². The zero-order valence-corrected chi connectivity index (χ0v) is 10.5. The Bertz CT molecular complexity index is 527. The highest BCUT2D eigenvalue weighted by Gasteiger charge is 2.15. The molecule has 19 heavy (non-hydrogen) atoms. The van der Waals surface area contributed by atoms with Gasteiger partial charge in [0, 0.05) is 30.7 Å². The number of nitrogens with zero attached hydrogens (tertiary/aromatic N) is 2. The molecular formula is C17H14N2. The van der Waals surface area contributed by atoms with E-state index >= 15 is 0 Å². The molecule has 1 aromatic carbocycles. The van der Waals surface area contributed by atoms with Gasteiger partial charge >= 0.3 is 0 Å². The summed E-state index contributed by atoms with van der Waals surface area (Å²) in [6.07, 6.45) is 7.36. The van der Waals surface area contributed by atoms with Gasteiger partial charge < -0.3 is 0 Å². The van der Waals surface area contributed by atoms with Gasteiger partial charge in [-0.15, -0.1) is 0 Å². The van der Waals surface area contributed by atoms with E-state index in [1.165, 1.54) is 16.7 Å². The van der Waals surface area contributed by atoms with E-state index in [0.717, 1.165) is 0 Å². The number of benzene rings is 1. The molecule has 0 N–H and O–H groups in total. The summed E-state index contributed by atoms with van der Waals surface area (Å²) in [7, 11) is 0. The predicted octanol–water partition coefficient (Wildman–Crippen LogP) is 3.66. The fourth-order valence-corrected chi connectivity index (χ4v) is 2.33. The summed E-state index contributed by atoms with van der Waals surface area (Å²) in [4.78, 5) is 8.21. The van der Waals surface area contributed by atoms with E-state index in [-0.39, 0.29) is 5.92 Å². The zero-order chi connectivity index (χ0) is 12.9. The minimum Gasteiger partial charge on any atom is -0.265 e. The molecule has 0 saturated heterocycles. The highest BCUT2D eigenvalue weighted by molar-refractivity contribution is 5.41. The van der Waals surface area contributed by atoms with Gasteiger partial charge in [0.1, 0.15) is 0 Å². The second-order valence-corrected chi connectivity index (χ2v) is 4.40. The molecule has 0 aliphatic heterocycles. The average Bonchev–Trinajstić information content (AvgIpc) is 2.51. The van der Waals surface area contributed by atoms with Crippen LogP contribution >= 0.6 is 0 Å². The summed E-state index contributed by atoms with van der Waals surface area (Å²) in [6, 6.07) is 18.8. The van der Waals surface area contributed by atoms with Gasteiger partial charge in [0.15, 0.2) is 0 Å². The Labute approximate surface area is 112 Å². The first-order valence-corrected chi connectivity index (χ1v) is 6.30. The van der Waals surface area contributed by atoms with Gasteiger partial charge in [0.05, 0.1) is 0 Å². The van der Waals surface area contributed by atoms with E-state index in [9.17, 15) is 0 Å². The van der Waals surface area contributed by atoms with Crippen molar-refractivity contribution in [2.24, 2.45) is 0 Å². The quantitative estimate of drug-likeness (QED) is 0.705. The molecule has 0 saturated carbocycles. The third-order valence-electron chi connectivity index (χ3n) is 3.21. The largest absolute Gasteiger partial charge is 0.265 e. The molecule has 3 aromatic rings. The van der Waals surface area contributed by atoms with Gasteiger partial charge in [0.2, 0.25) is 0 Å². The fourth-order valence-electron chi connectivity index (χ4n) is 2.33. The molecule has 0 aliphatic rings. The first-order valence-electron chi connectivity index (χ1n) is 6.30.